The second kappa shape index (κ2) is 7.12. The molecule has 0 amide bonds. The first kappa shape index (κ1) is 17.0. The lowest BCUT2D eigenvalue weighted by atomic mass is 9.95. The van der Waals surface area contributed by atoms with Crippen LogP contribution in [0.4, 0.5) is 5.95 Å². The van der Waals surface area contributed by atoms with Crippen LogP contribution in [0.2, 0.25) is 0 Å². The predicted octanol–water partition coefficient (Wildman–Crippen LogP) is 3.47. The van der Waals surface area contributed by atoms with Crippen LogP contribution in [-0.4, -0.2) is 47.2 Å². The number of ether oxygens (including phenoxy) is 2. The molecule has 0 aromatic carbocycles. The van der Waals surface area contributed by atoms with Crippen LogP contribution in [0, 0.1) is 5.41 Å². The maximum Gasteiger partial charge on any atom is 0.227 e. The molecule has 5 rings (SSSR count). The van der Waals surface area contributed by atoms with E-state index < -0.39 is 0 Å². The monoisotopic (exact) mass is 360 g/mol. The molecule has 4 fully saturated rings. The highest BCUT2D eigenvalue weighted by molar-refractivity contribution is 5.34. The standard InChI is InChI=1S/C20H32N4O2/c1-3-12-25-16(6-1)14-24-18(17-7-2-4-13-26-17)21-22-19(24)23-11-5-8-20(15-23)9-10-20/h16-17H,1-15H2. The Morgan fingerprint density at radius 1 is 0.923 bits per heavy atom. The van der Waals surface area contributed by atoms with Crippen LogP contribution in [0.3, 0.4) is 0 Å². The van der Waals surface area contributed by atoms with Gasteiger partial charge in [-0.3, -0.25) is 4.57 Å². The third-order valence-corrected chi connectivity index (χ3v) is 6.79. The van der Waals surface area contributed by atoms with Crippen molar-refractivity contribution in [3.05, 3.63) is 5.82 Å². The van der Waals surface area contributed by atoms with Crippen molar-refractivity contribution in [1.29, 1.82) is 0 Å². The molecule has 3 saturated heterocycles. The van der Waals surface area contributed by atoms with Gasteiger partial charge in [0.2, 0.25) is 5.95 Å². The zero-order valence-electron chi connectivity index (χ0n) is 15.9. The molecule has 4 heterocycles. The normalized spacial score (nSPS) is 31.3. The van der Waals surface area contributed by atoms with Gasteiger partial charge < -0.3 is 14.4 Å². The molecule has 26 heavy (non-hydrogen) atoms. The van der Waals surface area contributed by atoms with E-state index in [1.165, 1.54) is 44.9 Å². The zero-order chi connectivity index (χ0) is 17.4. The van der Waals surface area contributed by atoms with E-state index in [-0.39, 0.29) is 6.10 Å². The third kappa shape index (κ3) is 3.38. The van der Waals surface area contributed by atoms with Gasteiger partial charge in [-0.1, -0.05) is 0 Å². The van der Waals surface area contributed by atoms with Crippen molar-refractivity contribution in [2.75, 3.05) is 31.2 Å². The van der Waals surface area contributed by atoms with Gasteiger partial charge >= 0.3 is 0 Å². The zero-order valence-corrected chi connectivity index (χ0v) is 15.9. The van der Waals surface area contributed by atoms with E-state index >= 15 is 0 Å². The number of nitrogens with zero attached hydrogens (tertiary/aromatic N) is 4. The minimum absolute atomic E-state index is 0.105. The van der Waals surface area contributed by atoms with Crippen molar-refractivity contribution in [2.45, 2.75) is 83.0 Å². The molecule has 144 valence electrons. The van der Waals surface area contributed by atoms with E-state index in [1.54, 1.807) is 0 Å². The van der Waals surface area contributed by atoms with E-state index in [9.17, 15) is 0 Å². The predicted molar refractivity (Wildman–Crippen MR) is 99.3 cm³/mol. The lowest BCUT2D eigenvalue weighted by Crippen LogP contribution is -2.39. The first-order valence-electron chi connectivity index (χ1n) is 10.7. The fraction of sp³-hybridized carbons (Fsp3) is 0.900. The number of piperidine rings is 1. The molecule has 2 unspecified atom stereocenters. The Morgan fingerprint density at radius 3 is 2.50 bits per heavy atom. The summed E-state index contributed by atoms with van der Waals surface area (Å²) in [6.07, 6.45) is 12.9. The lowest BCUT2D eigenvalue weighted by molar-refractivity contribution is -0.00652. The summed E-state index contributed by atoms with van der Waals surface area (Å²) in [5.41, 5.74) is 0.581. The number of hydrogen-bond donors (Lipinski definition) is 0. The lowest BCUT2D eigenvalue weighted by Gasteiger charge is -2.35. The number of hydrogen-bond acceptors (Lipinski definition) is 5. The fourth-order valence-corrected chi connectivity index (χ4v) is 5.02. The van der Waals surface area contributed by atoms with Gasteiger partial charge in [0.15, 0.2) is 5.82 Å². The molecule has 4 aliphatic rings. The fourth-order valence-electron chi connectivity index (χ4n) is 5.02. The van der Waals surface area contributed by atoms with E-state index in [2.05, 4.69) is 19.7 Å². The summed E-state index contributed by atoms with van der Waals surface area (Å²) >= 11 is 0. The van der Waals surface area contributed by atoms with E-state index in [0.29, 0.717) is 11.5 Å². The minimum atomic E-state index is 0.105. The Bertz CT molecular complexity index is 615. The number of rotatable bonds is 4. The topological polar surface area (TPSA) is 52.4 Å². The highest BCUT2D eigenvalue weighted by Gasteiger charge is 2.46. The Labute approximate surface area is 156 Å². The van der Waals surface area contributed by atoms with Crippen molar-refractivity contribution >= 4 is 5.95 Å². The van der Waals surface area contributed by atoms with Gasteiger partial charge in [-0.25, -0.2) is 0 Å². The van der Waals surface area contributed by atoms with Gasteiger partial charge in [0.1, 0.15) is 6.10 Å². The molecule has 6 heteroatoms. The van der Waals surface area contributed by atoms with Crippen LogP contribution < -0.4 is 4.90 Å². The first-order valence-corrected chi connectivity index (χ1v) is 10.7. The van der Waals surface area contributed by atoms with Crippen molar-refractivity contribution in [3.8, 4) is 0 Å². The molecule has 1 aromatic heterocycles. The summed E-state index contributed by atoms with van der Waals surface area (Å²) in [6.45, 7) is 4.88. The Hall–Kier alpha value is -1.14. The van der Waals surface area contributed by atoms with Crippen LogP contribution >= 0.6 is 0 Å². The van der Waals surface area contributed by atoms with Crippen LogP contribution in [0.1, 0.15) is 76.1 Å². The molecule has 3 aliphatic heterocycles. The summed E-state index contributed by atoms with van der Waals surface area (Å²) in [6, 6.07) is 0. The molecule has 1 aromatic rings. The van der Waals surface area contributed by atoms with E-state index in [0.717, 1.165) is 63.9 Å². The molecule has 1 saturated carbocycles. The average molecular weight is 361 g/mol. The molecule has 0 N–H and O–H groups in total. The first-order chi connectivity index (χ1) is 12.8. The average Bonchev–Trinajstić information content (AvgIpc) is 3.30. The summed E-state index contributed by atoms with van der Waals surface area (Å²) in [4.78, 5) is 2.50. The van der Waals surface area contributed by atoms with E-state index in [1.807, 2.05) is 0 Å². The maximum absolute atomic E-state index is 6.07. The van der Waals surface area contributed by atoms with E-state index in [4.69, 9.17) is 9.47 Å². The third-order valence-electron chi connectivity index (χ3n) is 6.79. The SMILES string of the molecule is C1CCC(Cn2c(C3CCCCO3)nnc2N2CCCC3(CC3)C2)OC1. The molecule has 1 aliphatic carbocycles. The van der Waals surface area contributed by atoms with Gasteiger partial charge in [-0.05, 0) is 69.6 Å². The van der Waals surface area contributed by atoms with Crippen molar-refractivity contribution in [2.24, 2.45) is 5.41 Å². The summed E-state index contributed by atoms with van der Waals surface area (Å²) in [7, 11) is 0. The molecule has 0 radical (unpaired) electrons. The van der Waals surface area contributed by atoms with Gasteiger partial charge in [-0.2, -0.15) is 0 Å². The smallest absolute Gasteiger partial charge is 0.227 e. The van der Waals surface area contributed by atoms with Crippen LogP contribution in [-0.2, 0) is 16.0 Å². The summed E-state index contributed by atoms with van der Waals surface area (Å²) < 4.78 is 14.5. The summed E-state index contributed by atoms with van der Waals surface area (Å²) in [5.74, 6) is 2.10. The maximum atomic E-state index is 6.07. The second-order valence-electron chi connectivity index (χ2n) is 8.84. The number of aromatic nitrogens is 3. The van der Waals surface area contributed by atoms with Gasteiger partial charge in [0.25, 0.3) is 0 Å². The van der Waals surface area contributed by atoms with Crippen molar-refractivity contribution in [3.63, 3.8) is 0 Å². The largest absolute Gasteiger partial charge is 0.376 e. The summed E-state index contributed by atoms with van der Waals surface area (Å²) in [5, 5.41) is 9.32. The Morgan fingerprint density at radius 2 is 1.77 bits per heavy atom. The Balaban J connectivity index is 1.42. The van der Waals surface area contributed by atoms with Crippen LogP contribution in [0.25, 0.3) is 0 Å². The van der Waals surface area contributed by atoms with Gasteiger partial charge in [-0.15, -0.1) is 10.2 Å². The van der Waals surface area contributed by atoms with Crippen molar-refractivity contribution in [1.82, 2.24) is 14.8 Å². The highest BCUT2D eigenvalue weighted by atomic mass is 16.5. The second-order valence-corrected chi connectivity index (χ2v) is 8.84. The van der Waals surface area contributed by atoms with Crippen LogP contribution in [0.5, 0.6) is 0 Å². The number of anilines is 1. The molecule has 0 bridgehead atoms. The molecule has 1 spiro atoms. The van der Waals surface area contributed by atoms with Crippen molar-refractivity contribution < 1.29 is 9.47 Å². The highest BCUT2D eigenvalue weighted by Crippen LogP contribution is 2.52. The molecular formula is C20H32N4O2. The van der Waals surface area contributed by atoms with Crippen LogP contribution in [0.15, 0.2) is 0 Å². The minimum Gasteiger partial charge on any atom is -0.376 e. The Kier molecular flexibility index (Phi) is 4.65. The molecule has 2 atom stereocenters. The molecule has 6 nitrogen and oxygen atoms in total. The quantitative estimate of drug-likeness (QED) is 0.823. The van der Waals surface area contributed by atoms with Gasteiger partial charge in [0.05, 0.1) is 12.6 Å². The van der Waals surface area contributed by atoms with Gasteiger partial charge in [0, 0.05) is 26.3 Å². The molecular weight excluding hydrogens is 328 g/mol.